The van der Waals surface area contributed by atoms with Gasteiger partial charge in [0.05, 0.1) is 28.4 Å². The molecule has 1 unspecified atom stereocenters. The van der Waals surface area contributed by atoms with E-state index in [2.05, 4.69) is 0 Å². The second-order valence-electron chi connectivity index (χ2n) is 5.12. The lowest BCUT2D eigenvalue weighted by Gasteiger charge is -2.17. The van der Waals surface area contributed by atoms with Crippen molar-refractivity contribution in [1.82, 2.24) is 0 Å². The van der Waals surface area contributed by atoms with Crippen molar-refractivity contribution >= 4 is 12.4 Å². The quantitative estimate of drug-likeness (QED) is 0.826. The van der Waals surface area contributed by atoms with Crippen molar-refractivity contribution in [3.63, 3.8) is 0 Å². The molecule has 0 radical (unpaired) electrons. The van der Waals surface area contributed by atoms with Crippen LogP contribution in [0.4, 0.5) is 0 Å². The van der Waals surface area contributed by atoms with Crippen LogP contribution in [0.2, 0.25) is 0 Å². The summed E-state index contributed by atoms with van der Waals surface area (Å²) in [6.45, 7) is 0. The van der Waals surface area contributed by atoms with E-state index in [1.165, 1.54) is 0 Å². The Morgan fingerprint density at radius 1 is 0.833 bits per heavy atom. The minimum absolute atomic E-state index is 0. The number of ether oxygens (including phenoxy) is 4. The van der Waals surface area contributed by atoms with Gasteiger partial charge >= 0.3 is 0 Å². The molecule has 2 rings (SSSR count). The molecular formula is C18H24ClNO4. The molecule has 5 nitrogen and oxygen atoms in total. The van der Waals surface area contributed by atoms with Crippen LogP contribution in [-0.4, -0.2) is 28.4 Å². The predicted octanol–water partition coefficient (Wildman–Crippen LogP) is 3.39. The summed E-state index contributed by atoms with van der Waals surface area (Å²) < 4.78 is 21.2. The SMILES string of the molecule is COc1ccc(C(N)Cc2cc(OC)c(OC)c(OC)c2)cc1.Cl. The van der Waals surface area contributed by atoms with Crippen molar-refractivity contribution in [2.75, 3.05) is 28.4 Å². The molecule has 0 bridgehead atoms. The monoisotopic (exact) mass is 353 g/mol. The largest absolute Gasteiger partial charge is 0.497 e. The van der Waals surface area contributed by atoms with Gasteiger partial charge in [0.1, 0.15) is 5.75 Å². The maximum Gasteiger partial charge on any atom is 0.203 e. The van der Waals surface area contributed by atoms with Crippen molar-refractivity contribution in [2.45, 2.75) is 12.5 Å². The van der Waals surface area contributed by atoms with E-state index in [0.29, 0.717) is 23.7 Å². The van der Waals surface area contributed by atoms with Gasteiger partial charge in [-0.3, -0.25) is 0 Å². The fourth-order valence-corrected chi connectivity index (χ4v) is 2.48. The van der Waals surface area contributed by atoms with Crippen LogP contribution < -0.4 is 24.7 Å². The smallest absolute Gasteiger partial charge is 0.203 e. The molecule has 2 N–H and O–H groups in total. The summed E-state index contributed by atoms with van der Waals surface area (Å²) in [7, 11) is 6.43. The Bertz CT molecular complexity index is 621. The van der Waals surface area contributed by atoms with Crippen molar-refractivity contribution in [1.29, 1.82) is 0 Å². The van der Waals surface area contributed by atoms with Gasteiger partial charge in [0.25, 0.3) is 0 Å². The predicted molar refractivity (Wildman–Crippen MR) is 97.0 cm³/mol. The Kier molecular flexibility index (Phi) is 7.68. The highest BCUT2D eigenvalue weighted by Gasteiger charge is 2.15. The summed E-state index contributed by atoms with van der Waals surface area (Å²) in [6, 6.07) is 11.5. The van der Waals surface area contributed by atoms with E-state index in [0.717, 1.165) is 16.9 Å². The lowest BCUT2D eigenvalue weighted by atomic mass is 9.99. The second kappa shape index (κ2) is 9.25. The van der Waals surface area contributed by atoms with Crippen molar-refractivity contribution < 1.29 is 18.9 Å². The fourth-order valence-electron chi connectivity index (χ4n) is 2.48. The molecule has 0 heterocycles. The van der Waals surface area contributed by atoms with E-state index in [-0.39, 0.29) is 18.4 Å². The molecule has 0 amide bonds. The lowest BCUT2D eigenvalue weighted by molar-refractivity contribution is 0.323. The zero-order chi connectivity index (χ0) is 16.8. The molecule has 0 spiro atoms. The third kappa shape index (κ3) is 4.46. The van der Waals surface area contributed by atoms with Gasteiger partial charge in [-0.2, -0.15) is 0 Å². The molecule has 2 aromatic carbocycles. The first-order valence-corrected chi connectivity index (χ1v) is 7.31. The zero-order valence-corrected chi connectivity index (χ0v) is 15.2. The van der Waals surface area contributed by atoms with Gasteiger partial charge in [0, 0.05) is 6.04 Å². The number of hydrogen-bond acceptors (Lipinski definition) is 5. The minimum Gasteiger partial charge on any atom is -0.497 e. The van der Waals surface area contributed by atoms with E-state index < -0.39 is 0 Å². The number of halogens is 1. The molecule has 2 aromatic rings. The lowest BCUT2D eigenvalue weighted by Crippen LogP contribution is -2.13. The highest BCUT2D eigenvalue weighted by atomic mass is 35.5. The Morgan fingerprint density at radius 2 is 1.38 bits per heavy atom. The van der Waals surface area contributed by atoms with E-state index in [4.69, 9.17) is 24.7 Å². The van der Waals surface area contributed by atoms with E-state index in [1.54, 1.807) is 28.4 Å². The Hall–Kier alpha value is -2.11. The van der Waals surface area contributed by atoms with Crippen LogP contribution in [0.3, 0.4) is 0 Å². The van der Waals surface area contributed by atoms with Crippen molar-refractivity contribution in [3.8, 4) is 23.0 Å². The first kappa shape index (κ1) is 19.9. The number of rotatable bonds is 7. The molecule has 0 aromatic heterocycles. The van der Waals surface area contributed by atoms with Crippen LogP contribution in [0, 0.1) is 0 Å². The summed E-state index contributed by atoms with van der Waals surface area (Å²) in [6.07, 6.45) is 0.656. The van der Waals surface area contributed by atoms with E-state index >= 15 is 0 Å². The van der Waals surface area contributed by atoms with Crippen molar-refractivity contribution in [2.24, 2.45) is 5.73 Å². The maximum atomic E-state index is 6.32. The van der Waals surface area contributed by atoms with Gasteiger partial charge in [0.15, 0.2) is 11.5 Å². The first-order chi connectivity index (χ1) is 11.1. The molecule has 0 saturated carbocycles. The van der Waals surface area contributed by atoms with Gasteiger partial charge in [-0.05, 0) is 41.8 Å². The number of nitrogens with two attached hydrogens (primary N) is 1. The summed E-state index contributed by atoms with van der Waals surface area (Å²) in [5, 5.41) is 0. The molecule has 0 aliphatic carbocycles. The van der Waals surface area contributed by atoms with E-state index in [9.17, 15) is 0 Å². The van der Waals surface area contributed by atoms with Crippen LogP contribution in [0.1, 0.15) is 17.2 Å². The summed E-state index contributed by atoms with van der Waals surface area (Å²) in [5.74, 6) is 2.65. The number of benzene rings is 2. The Balaban J connectivity index is 0.00000288. The molecule has 132 valence electrons. The van der Waals surface area contributed by atoms with Crippen LogP contribution in [0.5, 0.6) is 23.0 Å². The second-order valence-corrected chi connectivity index (χ2v) is 5.12. The zero-order valence-electron chi connectivity index (χ0n) is 14.4. The number of methoxy groups -OCH3 is 4. The highest BCUT2D eigenvalue weighted by Crippen LogP contribution is 2.39. The number of hydrogen-bond donors (Lipinski definition) is 1. The van der Waals surface area contributed by atoms with Gasteiger partial charge < -0.3 is 24.7 Å². The van der Waals surface area contributed by atoms with Gasteiger partial charge in [-0.15, -0.1) is 12.4 Å². The van der Waals surface area contributed by atoms with Crippen LogP contribution >= 0.6 is 12.4 Å². The summed E-state index contributed by atoms with van der Waals surface area (Å²) >= 11 is 0. The average molecular weight is 354 g/mol. The topological polar surface area (TPSA) is 62.9 Å². The summed E-state index contributed by atoms with van der Waals surface area (Å²) in [5.41, 5.74) is 8.38. The van der Waals surface area contributed by atoms with Gasteiger partial charge in [0.2, 0.25) is 5.75 Å². The molecule has 0 fully saturated rings. The minimum atomic E-state index is -0.135. The standard InChI is InChI=1S/C18H23NO4.ClH/c1-20-14-7-5-13(6-8-14)15(19)9-12-10-16(21-2)18(23-4)17(11-12)22-3;/h5-8,10-11,15H,9,19H2,1-4H3;1H. The maximum absolute atomic E-state index is 6.32. The van der Waals surface area contributed by atoms with E-state index in [1.807, 2.05) is 36.4 Å². The fraction of sp³-hybridized carbons (Fsp3) is 0.333. The normalized spacial score (nSPS) is 11.2. The van der Waals surface area contributed by atoms with Gasteiger partial charge in [-0.1, -0.05) is 12.1 Å². The van der Waals surface area contributed by atoms with Crippen molar-refractivity contribution in [3.05, 3.63) is 47.5 Å². The molecule has 0 aliphatic rings. The van der Waals surface area contributed by atoms with Crippen LogP contribution in [-0.2, 0) is 6.42 Å². The first-order valence-electron chi connectivity index (χ1n) is 7.31. The van der Waals surface area contributed by atoms with Crippen LogP contribution in [0.15, 0.2) is 36.4 Å². The third-order valence-corrected chi connectivity index (χ3v) is 3.72. The Labute approximate surface area is 149 Å². The Morgan fingerprint density at radius 3 is 1.79 bits per heavy atom. The van der Waals surface area contributed by atoms with Crippen LogP contribution in [0.25, 0.3) is 0 Å². The molecule has 0 aliphatic heterocycles. The molecular weight excluding hydrogens is 330 g/mol. The van der Waals surface area contributed by atoms with Gasteiger partial charge in [-0.25, -0.2) is 0 Å². The third-order valence-electron chi connectivity index (χ3n) is 3.72. The molecule has 24 heavy (non-hydrogen) atoms. The molecule has 1 atom stereocenters. The summed E-state index contributed by atoms with van der Waals surface area (Å²) in [4.78, 5) is 0. The average Bonchev–Trinajstić information content (AvgIpc) is 2.60. The molecule has 6 heteroatoms. The molecule has 0 saturated heterocycles. The highest BCUT2D eigenvalue weighted by molar-refractivity contribution is 5.85.